The zero-order valence-electron chi connectivity index (χ0n) is 16.6. The van der Waals surface area contributed by atoms with E-state index in [-0.39, 0.29) is 29.4 Å². The summed E-state index contributed by atoms with van der Waals surface area (Å²) in [6, 6.07) is 16.6. The van der Waals surface area contributed by atoms with Gasteiger partial charge >= 0.3 is 5.97 Å². The molecular formula is C22H18ClFN4O3. The molecule has 0 atom stereocenters. The van der Waals surface area contributed by atoms with Crippen LogP contribution >= 0.6 is 11.6 Å². The van der Waals surface area contributed by atoms with Gasteiger partial charge in [-0.05, 0) is 31.2 Å². The van der Waals surface area contributed by atoms with Gasteiger partial charge in [-0.3, -0.25) is 4.79 Å². The SMILES string of the molecule is Cc1nn(-c2ccccc2)c(Cl)c1C(=O)OCC(=O)N(CCC#N)c1ccccc1F. The van der Waals surface area contributed by atoms with E-state index in [1.54, 1.807) is 37.3 Å². The van der Waals surface area contributed by atoms with Gasteiger partial charge in [-0.25, -0.2) is 13.9 Å². The number of nitrogens with zero attached hydrogens (tertiary/aromatic N) is 4. The van der Waals surface area contributed by atoms with Gasteiger partial charge in [-0.2, -0.15) is 10.4 Å². The van der Waals surface area contributed by atoms with Crippen LogP contribution in [-0.4, -0.2) is 34.8 Å². The third kappa shape index (κ3) is 4.90. The molecule has 1 amide bonds. The lowest BCUT2D eigenvalue weighted by molar-refractivity contribution is -0.121. The van der Waals surface area contributed by atoms with Crippen LogP contribution in [0.2, 0.25) is 5.15 Å². The van der Waals surface area contributed by atoms with Crippen LogP contribution in [0.1, 0.15) is 22.5 Å². The van der Waals surface area contributed by atoms with E-state index < -0.39 is 24.3 Å². The Bertz CT molecular complexity index is 1140. The minimum atomic E-state index is -0.827. The molecule has 0 aliphatic carbocycles. The maximum absolute atomic E-state index is 14.1. The van der Waals surface area contributed by atoms with E-state index in [1.807, 2.05) is 12.1 Å². The molecule has 7 nitrogen and oxygen atoms in total. The van der Waals surface area contributed by atoms with Crippen molar-refractivity contribution in [3.8, 4) is 11.8 Å². The molecule has 0 saturated heterocycles. The third-order valence-electron chi connectivity index (χ3n) is 4.43. The lowest BCUT2D eigenvalue weighted by atomic mass is 10.2. The summed E-state index contributed by atoms with van der Waals surface area (Å²) in [5.74, 6) is -2.12. The van der Waals surface area contributed by atoms with Crippen molar-refractivity contribution >= 4 is 29.2 Å². The number of halogens is 2. The Morgan fingerprint density at radius 2 is 1.87 bits per heavy atom. The number of hydrogen-bond donors (Lipinski definition) is 0. The van der Waals surface area contributed by atoms with Gasteiger partial charge in [-0.1, -0.05) is 41.9 Å². The minimum absolute atomic E-state index is 0.00455. The number of para-hydroxylation sites is 2. The number of carbonyl (C=O) groups excluding carboxylic acids is 2. The molecule has 2 aromatic carbocycles. The van der Waals surface area contributed by atoms with Gasteiger partial charge in [0, 0.05) is 6.54 Å². The summed E-state index contributed by atoms with van der Waals surface area (Å²) >= 11 is 6.34. The van der Waals surface area contributed by atoms with Crippen LogP contribution in [0.15, 0.2) is 54.6 Å². The average molecular weight is 441 g/mol. The molecule has 31 heavy (non-hydrogen) atoms. The standard InChI is InChI=1S/C22H18ClFN4O3/c1-15-20(21(23)28(26-15)16-8-3-2-4-9-16)22(30)31-14-19(29)27(13-7-12-25)18-11-6-5-10-17(18)24/h2-6,8-11H,7,13-14H2,1H3. The normalized spacial score (nSPS) is 10.4. The second-order valence-electron chi connectivity index (χ2n) is 6.48. The van der Waals surface area contributed by atoms with Gasteiger partial charge in [-0.15, -0.1) is 0 Å². The third-order valence-corrected chi connectivity index (χ3v) is 4.78. The summed E-state index contributed by atoms with van der Waals surface area (Å²) in [6.45, 7) is 0.909. The first kappa shape index (κ1) is 22.0. The number of esters is 1. The number of aryl methyl sites for hydroxylation is 1. The second kappa shape index (κ2) is 9.87. The monoisotopic (exact) mass is 440 g/mol. The summed E-state index contributed by atoms with van der Waals surface area (Å²) in [4.78, 5) is 26.3. The highest BCUT2D eigenvalue weighted by Gasteiger charge is 2.25. The number of amides is 1. The predicted molar refractivity (Wildman–Crippen MR) is 113 cm³/mol. The van der Waals surface area contributed by atoms with E-state index in [9.17, 15) is 14.0 Å². The molecule has 0 aliphatic heterocycles. The van der Waals surface area contributed by atoms with Crippen molar-refractivity contribution in [1.82, 2.24) is 9.78 Å². The Morgan fingerprint density at radius 1 is 1.19 bits per heavy atom. The summed E-state index contributed by atoms with van der Waals surface area (Å²) in [5.41, 5.74) is 1.03. The first-order valence-electron chi connectivity index (χ1n) is 9.33. The average Bonchev–Trinajstić information content (AvgIpc) is 3.08. The smallest absolute Gasteiger partial charge is 0.343 e. The highest BCUT2D eigenvalue weighted by molar-refractivity contribution is 6.33. The van der Waals surface area contributed by atoms with Gasteiger partial charge in [0.1, 0.15) is 16.5 Å². The highest BCUT2D eigenvalue weighted by atomic mass is 35.5. The topological polar surface area (TPSA) is 88.2 Å². The maximum Gasteiger partial charge on any atom is 0.343 e. The molecular weight excluding hydrogens is 423 g/mol. The molecule has 158 valence electrons. The Balaban J connectivity index is 1.76. The number of carbonyl (C=O) groups is 2. The molecule has 0 bridgehead atoms. The van der Waals surface area contributed by atoms with E-state index in [2.05, 4.69) is 5.10 Å². The van der Waals surface area contributed by atoms with E-state index >= 15 is 0 Å². The first-order valence-corrected chi connectivity index (χ1v) is 9.71. The molecule has 9 heteroatoms. The van der Waals surface area contributed by atoms with E-state index in [0.717, 1.165) is 4.90 Å². The van der Waals surface area contributed by atoms with Gasteiger partial charge in [0.25, 0.3) is 5.91 Å². The summed E-state index contributed by atoms with van der Waals surface area (Å²) < 4.78 is 20.7. The molecule has 0 unspecified atom stereocenters. The Kier molecular flexibility index (Phi) is 7.00. The maximum atomic E-state index is 14.1. The Labute approximate surface area is 183 Å². The fourth-order valence-corrected chi connectivity index (χ4v) is 3.31. The molecule has 1 aromatic heterocycles. The van der Waals surface area contributed by atoms with E-state index in [4.69, 9.17) is 21.6 Å². The minimum Gasteiger partial charge on any atom is -0.452 e. The van der Waals surface area contributed by atoms with Crippen LogP contribution in [-0.2, 0) is 9.53 Å². The van der Waals surface area contributed by atoms with Crippen LogP contribution in [0.3, 0.4) is 0 Å². The van der Waals surface area contributed by atoms with E-state index in [1.165, 1.54) is 22.9 Å². The molecule has 3 aromatic rings. The number of rotatable bonds is 7. The lowest BCUT2D eigenvalue weighted by Crippen LogP contribution is -2.36. The summed E-state index contributed by atoms with van der Waals surface area (Å²) in [6.07, 6.45) is -0.0111. The largest absolute Gasteiger partial charge is 0.452 e. The fraction of sp³-hybridized carbons (Fsp3) is 0.182. The zero-order valence-corrected chi connectivity index (χ0v) is 17.3. The quantitative estimate of drug-likeness (QED) is 0.516. The second-order valence-corrected chi connectivity index (χ2v) is 6.84. The lowest BCUT2D eigenvalue weighted by Gasteiger charge is -2.22. The summed E-state index contributed by atoms with van der Waals surface area (Å²) in [5, 5.41) is 13.2. The molecule has 3 rings (SSSR count). The van der Waals surface area contributed by atoms with Gasteiger partial charge in [0.05, 0.1) is 29.6 Å². The number of hydrogen-bond acceptors (Lipinski definition) is 5. The highest BCUT2D eigenvalue weighted by Crippen LogP contribution is 2.24. The van der Waals surface area contributed by atoms with Crippen molar-refractivity contribution in [3.05, 3.63) is 76.8 Å². The van der Waals surface area contributed by atoms with Crippen molar-refractivity contribution < 1.29 is 18.7 Å². The van der Waals surface area contributed by atoms with Crippen molar-refractivity contribution in [2.75, 3.05) is 18.1 Å². The first-order chi connectivity index (χ1) is 14.9. The van der Waals surface area contributed by atoms with Crippen molar-refractivity contribution in [2.24, 2.45) is 0 Å². The van der Waals surface area contributed by atoms with Crippen LogP contribution in [0, 0.1) is 24.1 Å². The van der Waals surface area contributed by atoms with Crippen molar-refractivity contribution in [2.45, 2.75) is 13.3 Å². The Morgan fingerprint density at radius 3 is 2.55 bits per heavy atom. The van der Waals surface area contributed by atoms with Crippen LogP contribution in [0.5, 0.6) is 0 Å². The van der Waals surface area contributed by atoms with Gasteiger partial charge in [0.2, 0.25) is 0 Å². The number of benzene rings is 2. The molecule has 0 radical (unpaired) electrons. The molecule has 0 saturated carbocycles. The van der Waals surface area contributed by atoms with Crippen LogP contribution < -0.4 is 4.90 Å². The number of anilines is 1. The fourth-order valence-electron chi connectivity index (χ4n) is 2.96. The molecule has 0 spiro atoms. The Hall–Kier alpha value is -3.70. The number of aromatic nitrogens is 2. The number of ether oxygens (including phenoxy) is 1. The molecule has 0 fully saturated rings. The van der Waals surface area contributed by atoms with Gasteiger partial charge < -0.3 is 9.64 Å². The predicted octanol–water partition coefficient (Wildman–Crippen LogP) is 4.08. The number of nitriles is 1. The molecule has 0 aliphatic rings. The van der Waals surface area contributed by atoms with Crippen LogP contribution in [0.4, 0.5) is 10.1 Å². The van der Waals surface area contributed by atoms with Crippen LogP contribution in [0.25, 0.3) is 5.69 Å². The molecule has 0 N–H and O–H groups in total. The molecule has 1 heterocycles. The van der Waals surface area contributed by atoms with Crippen molar-refractivity contribution in [1.29, 1.82) is 5.26 Å². The van der Waals surface area contributed by atoms with Crippen molar-refractivity contribution in [3.63, 3.8) is 0 Å². The van der Waals surface area contributed by atoms with E-state index in [0.29, 0.717) is 11.4 Å². The summed E-state index contributed by atoms with van der Waals surface area (Å²) in [7, 11) is 0. The zero-order chi connectivity index (χ0) is 22.4. The van der Waals surface area contributed by atoms with Gasteiger partial charge in [0.15, 0.2) is 6.61 Å².